The number of hydrogen-bond acceptors (Lipinski definition) is 3. The van der Waals surface area contributed by atoms with E-state index < -0.39 is 0 Å². The van der Waals surface area contributed by atoms with Crippen LogP contribution in [0.4, 0.5) is 0 Å². The summed E-state index contributed by atoms with van der Waals surface area (Å²) < 4.78 is 4.63. The molecule has 24 heavy (non-hydrogen) atoms. The Morgan fingerprint density at radius 3 is 1.25 bits per heavy atom. The predicted molar refractivity (Wildman–Crippen MR) is 104 cm³/mol. The van der Waals surface area contributed by atoms with Gasteiger partial charge in [0, 0.05) is 13.0 Å². The minimum absolute atomic E-state index is 0.0651. The lowest BCUT2D eigenvalue weighted by atomic mass is 10.0. The Balaban J connectivity index is 0. The summed E-state index contributed by atoms with van der Waals surface area (Å²) in [4.78, 5) is 10.9. The van der Waals surface area contributed by atoms with Gasteiger partial charge in [-0.15, -0.1) is 0 Å². The van der Waals surface area contributed by atoms with Gasteiger partial charge in [-0.05, 0) is 13.3 Å². The fourth-order valence-electron chi connectivity index (χ4n) is 2.74. The van der Waals surface area contributed by atoms with Crippen LogP contribution in [0.1, 0.15) is 117 Å². The number of carbonyl (C=O) groups is 1. The number of rotatable bonds is 16. The van der Waals surface area contributed by atoms with Crippen LogP contribution < -0.4 is 0 Å². The Morgan fingerprint density at radius 1 is 0.667 bits per heavy atom. The van der Waals surface area contributed by atoms with Crippen molar-refractivity contribution in [2.75, 3.05) is 13.7 Å². The van der Waals surface area contributed by atoms with Gasteiger partial charge in [0.1, 0.15) is 0 Å². The lowest BCUT2D eigenvalue weighted by Crippen LogP contribution is -1.99. The molecule has 3 nitrogen and oxygen atoms in total. The first kappa shape index (κ1) is 25.7. The van der Waals surface area contributed by atoms with Crippen LogP contribution >= 0.6 is 0 Å². The van der Waals surface area contributed by atoms with E-state index in [-0.39, 0.29) is 12.6 Å². The van der Waals surface area contributed by atoms with E-state index in [1.807, 2.05) is 0 Å². The highest BCUT2D eigenvalue weighted by Gasteiger charge is 1.99. The Labute approximate surface area is 151 Å². The van der Waals surface area contributed by atoms with Crippen LogP contribution in [0.15, 0.2) is 0 Å². The fraction of sp³-hybridized carbons (Fsp3) is 0.952. The molecule has 146 valence electrons. The summed E-state index contributed by atoms with van der Waals surface area (Å²) in [5.41, 5.74) is 0. The zero-order valence-corrected chi connectivity index (χ0v) is 16.8. The molecule has 0 aromatic rings. The molecule has 0 fully saturated rings. The second-order valence-electron chi connectivity index (χ2n) is 6.59. The minimum atomic E-state index is -0.0651. The van der Waals surface area contributed by atoms with Gasteiger partial charge in [0.25, 0.3) is 0 Å². The van der Waals surface area contributed by atoms with Gasteiger partial charge < -0.3 is 9.84 Å². The highest BCUT2D eigenvalue weighted by Crippen LogP contribution is 2.13. The van der Waals surface area contributed by atoms with Crippen molar-refractivity contribution in [3.63, 3.8) is 0 Å². The molecule has 0 amide bonds. The average Bonchev–Trinajstić information content (AvgIpc) is 2.58. The van der Waals surface area contributed by atoms with Crippen molar-refractivity contribution in [1.82, 2.24) is 0 Å². The van der Waals surface area contributed by atoms with Crippen molar-refractivity contribution in [3.8, 4) is 0 Å². The summed E-state index contributed by atoms with van der Waals surface area (Å²) in [5.74, 6) is -0.0651. The van der Waals surface area contributed by atoms with Crippen molar-refractivity contribution in [2.45, 2.75) is 117 Å². The van der Waals surface area contributed by atoms with Crippen molar-refractivity contribution >= 4 is 5.97 Å². The number of ether oxygens (including phenoxy) is 1. The molecule has 0 spiro atoms. The van der Waals surface area contributed by atoms with E-state index in [0.717, 1.165) is 6.42 Å². The highest BCUT2D eigenvalue weighted by atomic mass is 16.5. The second kappa shape index (κ2) is 24.7. The van der Waals surface area contributed by atoms with E-state index in [0.29, 0.717) is 6.42 Å². The van der Waals surface area contributed by atoms with E-state index in [2.05, 4.69) is 11.7 Å². The van der Waals surface area contributed by atoms with Gasteiger partial charge in [0.2, 0.25) is 0 Å². The molecule has 0 saturated carbocycles. The van der Waals surface area contributed by atoms with Gasteiger partial charge in [0.15, 0.2) is 0 Å². The minimum Gasteiger partial charge on any atom is -0.469 e. The number of hydrogen-bond donors (Lipinski definition) is 1. The predicted octanol–water partition coefficient (Wildman–Crippen LogP) is 6.42. The van der Waals surface area contributed by atoms with E-state index in [9.17, 15) is 4.79 Å². The van der Waals surface area contributed by atoms with Crippen LogP contribution in [-0.4, -0.2) is 24.8 Å². The summed E-state index contributed by atoms with van der Waals surface area (Å²) in [5, 5.41) is 7.57. The van der Waals surface area contributed by atoms with Gasteiger partial charge in [-0.25, -0.2) is 0 Å². The standard InChI is InChI=1S/C19H38O2.C2H6O/c1-3-4-5-6-7-8-9-10-11-12-13-14-15-16-17-18-19(20)21-2;1-2-3/h3-18H2,1-2H3;3H,2H2,1H3. The summed E-state index contributed by atoms with van der Waals surface area (Å²) in [6.45, 7) is 4.21. The normalized spacial score (nSPS) is 10.2. The summed E-state index contributed by atoms with van der Waals surface area (Å²) in [7, 11) is 1.47. The second-order valence-corrected chi connectivity index (χ2v) is 6.59. The molecular formula is C21H44O3. The zero-order chi connectivity index (χ0) is 18.3. The van der Waals surface area contributed by atoms with E-state index in [1.165, 1.54) is 97.0 Å². The Kier molecular flexibility index (Phi) is 26.4. The molecule has 0 bridgehead atoms. The molecule has 0 saturated heterocycles. The van der Waals surface area contributed by atoms with Crippen LogP contribution in [0.2, 0.25) is 0 Å². The Morgan fingerprint density at radius 2 is 0.958 bits per heavy atom. The van der Waals surface area contributed by atoms with Gasteiger partial charge >= 0.3 is 5.97 Å². The monoisotopic (exact) mass is 344 g/mol. The Hall–Kier alpha value is -0.570. The zero-order valence-electron chi connectivity index (χ0n) is 16.8. The number of aliphatic hydroxyl groups excluding tert-OH is 1. The number of methoxy groups -OCH3 is 1. The number of aliphatic hydroxyl groups is 1. The molecule has 3 heteroatoms. The van der Waals surface area contributed by atoms with Gasteiger partial charge in [-0.1, -0.05) is 96.8 Å². The molecule has 0 aliphatic heterocycles. The van der Waals surface area contributed by atoms with E-state index in [1.54, 1.807) is 6.92 Å². The van der Waals surface area contributed by atoms with Crippen molar-refractivity contribution < 1.29 is 14.6 Å². The molecule has 0 aliphatic rings. The first-order chi connectivity index (χ1) is 11.7. The third-order valence-electron chi connectivity index (χ3n) is 4.21. The van der Waals surface area contributed by atoms with Gasteiger partial charge in [-0.3, -0.25) is 4.79 Å². The van der Waals surface area contributed by atoms with Crippen LogP contribution in [-0.2, 0) is 9.53 Å². The number of unbranched alkanes of at least 4 members (excludes halogenated alkanes) is 14. The van der Waals surface area contributed by atoms with E-state index in [4.69, 9.17) is 5.11 Å². The molecule has 0 aromatic heterocycles. The summed E-state index contributed by atoms with van der Waals surface area (Å²) in [6.07, 6.45) is 20.9. The van der Waals surface area contributed by atoms with Crippen LogP contribution in [0.5, 0.6) is 0 Å². The molecule has 0 radical (unpaired) electrons. The third kappa shape index (κ3) is 26.3. The van der Waals surface area contributed by atoms with Crippen molar-refractivity contribution in [3.05, 3.63) is 0 Å². The maximum absolute atomic E-state index is 10.9. The molecular weight excluding hydrogens is 300 g/mol. The van der Waals surface area contributed by atoms with Gasteiger partial charge in [0.05, 0.1) is 7.11 Å². The number of esters is 1. The lowest BCUT2D eigenvalue weighted by molar-refractivity contribution is -0.140. The molecule has 0 aromatic carbocycles. The molecule has 0 aliphatic carbocycles. The van der Waals surface area contributed by atoms with Gasteiger partial charge in [-0.2, -0.15) is 0 Å². The van der Waals surface area contributed by atoms with Crippen LogP contribution in [0, 0.1) is 0 Å². The molecule has 0 atom stereocenters. The largest absolute Gasteiger partial charge is 0.469 e. The number of carbonyl (C=O) groups excluding carboxylic acids is 1. The van der Waals surface area contributed by atoms with Crippen LogP contribution in [0.3, 0.4) is 0 Å². The van der Waals surface area contributed by atoms with Crippen LogP contribution in [0.25, 0.3) is 0 Å². The topological polar surface area (TPSA) is 46.5 Å². The maximum Gasteiger partial charge on any atom is 0.305 e. The lowest BCUT2D eigenvalue weighted by Gasteiger charge is -2.03. The molecule has 0 heterocycles. The first-order valence-corrected chi connectivity index (χ1v) is 10.4. The summed E-state index contributed by atoms with van der Waals surface area (Å²) in [6, 6.07) is 0. The molecule has 1 N–H and O–H groups in total. The Bertz CT molecular complexity index is 229. The molecule has 0 unspecified atom stereocenters. The highest BCUT2D eigenvalue weighted by molar-refractivity contribution is 5.68. The fourth-order valence-corrected chi connectivity index (χ4v) is 2.74. The molecule has 0 rings (SSSR count). The maximum atomic E-state index is 10.9. The van der Waals surface area contributed by atoms with Crippen molar-refractivity contribution in [2.24, 2.45) is 0 Å². The third-order valence-corrected chi connectivity index (χ3v) is 4.21. The SMILES string of the molecule is CCCCCCCCCCCCCCCCCC(=O)OC.CCO. The smallest absolute Gasteiger partial charge is 0.305 e. The first-order valence-electron chi connectivity index (χ1n) is 10.4. The summed E-state index contributed by atoms with van der Waals surface area (Å²) >= 11 is 0. The average molecular weight is 345 g/mol. The van der Waals surface area contributed by atoms with Crippen molar-refractivity contribution in [1.29, 1.82) is 0 Å². The quantitative estimate of drug-likeness (QED) is 0.259. The van der Waals surface area contributed by atoms with E-state index >= 15 is 0 Å².